The van der Waals surface area contributed by atoms with Gasteiger partial charge in [0.15, 0.2) is 0 Å². The number of alkyl halides is 1. The number of benzene rings is 1. The first-order valence-corrected chi connectivity index (χ1v) is 5.10. The van der Waals surface area contributed by atoms with Gasteiger partial charge < -0.3 is 5.11 Å². The maximum absolute atomic E-state index is 13.7. The van der Waals surface area contributed by atoms with Crippen LogP contribution in [-0.2, 0) is 16.9 Å². The standard InChI is InChI=1S/C12H13FO2/c13-12(6-7-12)10-3-1-2-9(8-10)4-5-11(14)15/h1-3,8H,4-7H2,(H,14,15). The van der Waals surface area contributed by atoms with Crippen molar-refractivity contribution in [3.05, 3.63) is 35.4 Å². The summed E-state index contributed by atoms with van der Waals surface area (Å²) in [6.45, 7) is 0. The van der Waals surface area contributed by atoms with E-state index in [1.165, 1.54) is 0 Å². The van der Waals surface area contributed by atoms with E-state index in [2.05, 4.69) is 0 Å². The fraction of sp³-hybridized carbons (Fsp3) is 0.417. The van der Waals surface area contributed by atoms with Crippen molar-refractivity contribution in [1.29, 1.82) is 0 Å². The summed E-state index contributed by atoms with van der Waals surface area (Å²) in [6.07, 6.45) is 1.76. The molecule has 0 unspecified atom stereocenters. The Bertz CT molecular complexity index is 383. The van der Waals surface area contributed by atoms with Gasteiger partial charge in [-0.3, -0.25) is 4.79 Å². The van der Waals surface area contributed by atoms with E-state index >= 15 is 0 Å². The van der Waals surface area contributed by atoms with E-state index in [1.807, 2.05) is 6.07 Å². The number of aryl methyl sites for hydroxylation is 1. The molecule has 1 aliphatic carbocycles. The van der Waals surface area contributed by atoms with Gasteiger partial charge in [-0.1, -0.05) is 24.3 Å². The van der Waals surface area contributed by atoms with E-state index in [1.54, 1.807) is 18.2 Å². The van der Waals surface area contributed by atoms with Gasteiger partial charge in [-0.15, -0.1) is 0 Å². The van der Waals surface area contributed by atoms with Crippen molar-refractivity contribution in [2.45, 2.75) is 31.4 Å². The van der Waals surface area contributed by atoms with Crippen LogP contribution in [0, 0.1) is 0 Å². The number of carbonyl (C=O) groups is 1. The van der Waals surface area contributed by atoms with Crippen LogP contribution in [0.4, 0.5) is 4.39 Å². The Morgan fingerprint density at radius 3 is 2.80 bits per heavy atom. The summed E-state index contributed by atoms with van der Waals surface area (Å²) < 4.78 is 13.7. The van der Waals surface area contributed by atoms with Crippen LogP contribution in [0.25, 0.3) is 0 Å². The zero-order valence-corrected chi connectivity index (χ0v) is 8.37. The van der Waals surface area contributed by atoms with E-state index in [0.29, 0.717) is 24.8 Å². The molecule has 80 valence electrons. The minimum Gasteiger partial charge on any atom is -0.481 e. The zero-order valence-electron chi connectivity index (χ0n) is 8.37. The number of hydrogen-bond acceptors (Lipinski definition) is 1. The van der Waals surface area contributed by atoms with Crippen LogP contribution in [0.3, 0.4) is 0 Å². The van der Waals surface area contributed by atoms with Crippen LogP contribution >= 0.6 is 0 Å². The lowest BCUT2D eigenvalue weighted by Crippen LogP contribution is -2.01. The van der Waals surface area contributed by atoms with Crippen LogP contribution < -0.4 is 0 Å². The van der Waals surface area contributed by atoms with Gasteiger partial charge in [0.1, 0.15) is 5.67 Å². The fourth-order valence-electron chi connectivity index (χ4n) is 1.66. The molecule has 0 spiro atoms. The van der Waals surface area contributed by atoms with Crippen molar-refractivity contribution < 1.29 is 14.3 Å². The maximum Gasteiger partial charge on any atom is 0.303 e. The lowest BCUT2D eigenvalue weighted by Gasteiger charge is -2.07. The first-order chi connectivity index (χ1) is 7.10. The van der Waals surface area contributed by atoms with Crippen LogP contribution in [0.1, 0.15) is 30.4 Å². The predicted molar refractivity (Wildman–Crippen MR) is 54.4 cm³/mol. The molecular weight excluding hydrogens is 195 g/mol. The molecule has 1 fully saturated rings. The molecule has 1 N–H and O–H groups in total. The number of carboxylic acids is 1. The summed E-state index contributed by atoms with van der Waals surface area (Å²) in [5, 5.41) is 8.54. The van der Waals surface area contributed by atoms with E-state index < -0.39 is 11.6 Å². The summed E-state index contributed by atoms with van der Waals surface area (Å²) in [6, 6.07) is 7.21. The van der Waals surface area contributed by atoms with Crippen molar-refractivity contribution in [2.24, 2.45) is 0 Å². The molecular formula is C12H13FO2. The first-order valence-electron chi connectivity index (χ1n) is 5.10. The van der Waals surface area contributed by atoms with Gasteiger partial charge in [0, 0.05) is 6.42 Å². The number of hydrogen-bond donors (Lipinski definition) is 1. The number of aliphatic carboxylic acids is 1. The number of carboxylic acid groups (broad SMARTS) is 1. The van der Waals surface area contributed by atoms with Crippen molar-refractivity contribution in [2.75, 3.05) is 0 Å². The highest BCUT2D eigenvalue weighted by Crippen LogP contribution is 2.49. The molecule has 2 nitrogen and oxygen atoms in total. The molecule has 1 aliphatic rings. The number of halogens is 1. The van der Waals surface area contributed by atoms with Crippen LogP contribution in [0.5, 0.6) is 0 Å². The molecule has 0 aliphatic heterocycles. The Morgan fingerprint density at radius 2 is 2.20 bits per heavy atom. The van der Waals surface area contributed by atoms with Crippen molar-refractivity contribution in [3.8, 4) is 0 Å². The molecule has 1 saturated carbocycles. The molecule has 3 heteroatoms. The van der Waals surface area contributed by atoms with Gasteiger partial charge in [-0.25, -0.2) is 4.39 Å². The summed E-state index contributed by atoms with van der Waals surface area (Å²) in [5.74, 6) is -0.818. The highest BCUT2D eigenvalue weighted by Gasteiger charge is 2.44. The summed E-state index contributed by atoms with van der Waals surface area (Å²) in [5.41, 5.74) is 0.475. The first kappa shape index (κ1) is 10.1. The Morgan fingerprint density at radius 1 is 1.47 bits per heavy atom. The Balaban J connectivity index is 2.09. The maximum atomic E-state index is 13.7. The molecule has 0 saturated heterocycles. The van der Waals surface area contributed by atoms with Gasteiger partial charge >= 0.3 is 5.97 Å². The molecule has 0 radical (unpaired) electrons. The summed E-state index contributed by atoms with van der Waals surface area (Å²) in [7, 11) is 0. The average Bonchev–Trinajstić information content (AvgIpc) is 2.95. The van der Waals surface area contributed by atoms with E-state index in [4.69, 9.17) is 5.11 Å². The average molecular weight is 208 g/mol. The van der Waals surface area contributed by atoms with Crippen molar-refractivity contribution in [3.63, 3.8) is 0 Å². The Hall–Kier alpha value is -1.38. The Kier molecular flexibility index (Phi) is 2.47. The molecule has 0 amide bonds. The zero-order chi connectivity index (χ0) is 10.9. The van der Waals surface area contributed by atoms with Gasteiger partial charge in [0.25, 0.3) is 0 Å². The lowest BCUT2D eigenvalue weighted by atomic mass is 10.0. The third kappa shape index (κ3) is 2.35. The molecule has 0 heterocycles. The van der Waals surface area contributed by atoms with Crippen molar-refractivity contribution >= 4 is 5.97 Å². The molecule has 0 atom stereocenters. The van der Waals surface area contributed by atoms with Crippen LogP contribution in [0.15, 0.2) is 24.3 Å². The highest BCUT2D eigenvalue weighted by atomic mass is 19.1. The molecule has 15 heavy (non-hydrogen) atoms. The van der Waals surface area contributed by atoms with Gasteiger partial charge in [-0.05, 0) is 30.4 Å². The second kappa shape index (κ2) is 3.65. The van der Waals surface area contributed by atoms with E-state index in [9.17, 15) is 9.18 Å². The topological polar surface area (TPSA) is 37.3 Å². The number of rotatable bonds is 4. The molecule has 2 rings (SSSR count). The van der Waals surface area contributed by atoms with Crippen molar-refractivity contribution in [1.82, 2.24) is 0 Å². The van der Waals surface area contributed by atoms with E-state index in [0.717, 1.165) is 5.56 Å². The lowest BCUT2D eigenvalue weighted by molar-refractivity contribution is -0.136. The largest absolute Gasteiger partial charge is 0.481 e. The minimum absolute atomic E-state index is 0.0999. The van der Waals surface area contributed by atoms with Gasteiger partial charge in [-0.2, -0.15) is 0 Å². The third-order valence-electron chi connectivity index (χ3n) is 2.76. The monoisotopic (exact) mass is 208 g/mol. The van der Waals surface area contributed by atoms with Gasteiger partial charge in [0.2, 0.25) is 0 Å². The van der Waals surface area contributed by atoms with Crippen LogP contribution in [0.2, 0.25) is 0 Å². The minimum atomic E-state index is -1.13. The SMILES string of the molecule is O=C(O)CCc1cccc(C2(F)CC2)c1. The predicted octanol–water partition coefficient (Wildman–Crippen LogP) is 2.66. The Labute approximate surface area is 87.7 Å². The van der Waals surface area contributed by atoms with E-state index in [-0.39, 0.29) is 6.42 Å². The van der Waals surface area contributed by atoms with Crippen LogP contribution in [-0.4, -0.2) is 11.1 Å². The summed E-state index contributed by atoms with van der Waals surface area (Å²) in [4.78, 5) is 10.4. The quantitative estimate of drug-likeness (QED) is 0.825. The molecule has 1 aromatic carbocycles. The normalized spacial score (nSPS) is 17.4. The molecule has 1 aromatic rings. The summed E-state index contributed by atoms with van der Waals surface area (Å²) >= 11 is 0. The molecule has 0 aromatic heterocycles. The van der Waals surface area contributed by atoms with Gasteiger partial charge in [0.05, 0.1) is 0 Å². The second-order valence-electron chi connectivity index (χ2n) is 4.06. The second-order valence-corrected chi connectivity index (χ2v) is 4.06. The smallest absolute Gasteiger partial charge is 0.303 e. The third-order valence-corrected chi connectivity index (χ3v) is 2.76. The fourth-order valence-corrected chi connectivity index (χ4v) is 1.66. The highest BCUT2D eigenvalue weighted by molar-refractivity contribution is 5.67. The molecule has 0 bridgehead atoms.